The van der Waals surface area contributed by atoms with Gasteiger partial charge >= 0.3 is 6.03 Å². The van der Waals surface area contributed by atoms with E-state index in [-0.39, 0.29) is 6.03 Å². The summed E-state index contributed by atoms with van der Waals surface area (Å²) in [5.41, 5.74) is 3.75. The van der Waals surface area contributed by atoms with E-state index in [0.29, 0.717) is 23.8 Å². The largest absolute Gasteiger partial charge is 0.365 e. The summed E-state index contributed by atoms with van der Waals surface area (Å²) in [7, 11) is 0. The summed E-state index contributed by atoms with van der Waals surface area (Å²) < 4.78 is 1.88. The van der Waals surface area contributed by atoms with Crippen molar-refractivity contribution >= 4 is 29.0 Å². The lowest BCUT2D eigenvalue weighted by Gasteiger charge is -2.36. The molecule has 2 aromatic heterocycles. The molecule has 8 heteroatoms. The Bertz CT molecular complexity index is 1010. The standard InChI is InChI=1S/C21H23ClN6O/c1-15-20(16(2)28(25-15)19-9-5-6-10-23-19)26-11-13-27(14-12-26)21(29)24-18-8-4-3-7-17(18)22/h3-10H,11-14H2,1-2H3,(H,24,29). The summed E-state index contributed by atoms with van der Waals surface area (Å²) >= 11 is 6.14. The van der Waals surface area contributed by atoms with Crippen molar-refractivity contribution in [3.05, 3.63) is 65.1 Å². The van der Waals surface area contributed by atoms with Crippen LogP contribution in [0.2, 0.25) is 5.02 Å². The molecule has 1 saturated heterocycles. The topological polar surface area (TPSA) is 66.3 Å². The molecule has 1 N–H and O–H groups in total. The van der Waals surface area contributed by atoms with Crippen LogP contribution in [0.1, 0.15) is 11.4 Å². The Balaban J connectivity index is 1.44. The highest BCUT2D eigenvalue weighted by atomic mass is 35.5. The molecule has 150 valence electrons. The van der Waals surface area contributed by atoms with E-state index in [4.69, 9.17) is 11.6 Å². The summed E-state index contributed by atoms with van der Waals surface area (Å²) in [6.07, 6.45) is 1.77. The number of benzene rings is 1. The zero-order chi connectivity index (χ0) is 20.4. The predicted octanol–water partition coefficient (Wildman–Crippen LogP) is 3.89. The highest BCUT2D eigenvalue weighted by Crippen LogP contribution is 2.27. The first-order chi connectivity index (χ1) is 14.0. The number of anilines is 2. The van der Waals surface area contributed by atoms with Gasteiger partial charge in [-0.15, -0.1) is 0 Å². The van der Waals surface area contributed by atoms with E-state index in [2.05, 4.69) is 27.2 Å². The van der Waals surface area contributed by atoms with E-state index in [1.165, 1.54) is 0 Å². The number of aromatic nitrogens is 3. The molecule has 0 bridgehead atoms. The van der Waals surface area contributed by atoms with Crippen molar-refractivity contribution in [3.63, 3.8) is 0 Å². The van der Waals surface area contributed by atoms with Gasteiger partial charge in [0.25, 0.3) is 0 Å². The van der Waals surface area contributed by atoms with Crippen molar-refractivity contribution in [1.29, 1.82) is 0 Å². The van der Waals surface area contributed by atoms with E-state index in [0.717, 1.165) is 36.0 Å². The van der Waals surface area contributed by atoms with E-state index in [1.807, 2.05) is 46.8 Å². The lowest BCUT2D eigenvalue weighted by atomic mass is 10.2. The summed E-state index contributed by atoms with van der Waals surface area (Å²) in [6.45, 7) is 6.81. The SMILES string of the molecule is Cc1nn(-c2ccccn2)c(C)c1N1CCN(C(=O)Nc2ccccc2Cl)CC1. The second-order valence-corrected chi connectivity index (χ2v) is 7.41. The number of rotatable bonds is 3. The maximum Gasteiger partial charge on any atom is 0.322 e. The van der Waals surface area contributed by atoms with Gasteiger partial charge in [0.2, 0.25) is 0 Å². The van der Waals surface area contributed by atoms with Gasteiger partial charge in [-0.1, -0.05) is 29.8 Å². The number of hydrogen-bond acceptors (Lipinski definition) is 4. The zero-order valence-electron chi connectivity index (χ0n) is 16.5. The molecule has 2 amide bonds. The number of piperazine rings is 1. The van der Waals surface area contributed by atoms with Gasteiger partial charge in [-0.25, -0.2) is 14.5 Å². The highest BCUT2D eigenvalue weighted by molar-refractivity contribution is 6.33. The third kappa shape index (κ3) is 3.91. The van der Waals surface area contributed by atoms with Crippen LogP contribution in [0.3, 0.4) is 0 Å². The normalized spacial score (nSPS) is 14.2. The van der Waals surface area contributed by atoms with Gasteiger partial charge in [-0.3, -0.25) is 0 Å². The molecule has 1 fully saturated rings. The summed E-state index contributed by atoms with van der Waals surface area (Å²) in [6, 6.07) is 12.9. The number of amides is 2. The third-order valence-electron chi connectivity index (χ3n) is 5.12. The van der Waals surface area contributed by atoms with Gasteiger partial charge in [-0.05, 0) is 38.1 Å². The molecule has 0 saturated carbocycles. The number of nitrogens with one attached hydrogen (secondary N) is 1. The average Bonchev–Trinajstić information content (AvgIpc) is 3.04. The van der Waals surface area contributed by atoms with Crippen molar-refractivity contribution in [3.8, 4) is 5.82 Å². The van der Waals surface area contributed by atoms with Gasteiger partial charge in [-0.2, -0.15) is 5.10 Å². The lowest BCUT2D eigenvalue weighted by molar-refractivity contribution is 0.208. The number of urea groups is 1. The van der Waals surface area contributed by atoms with Gasteiger partial charge < -0.3 is 15.1 Å². The second-order valence-electron chi connectivity index (χ2n) is 7.00. The minimum Gasteiger partial charge on any atom is -0.365 e. The van der Waals surface area contributed by atoms with Gasteiger partial charge in [0.1, 0.15) is 0 Å². The molecule has 0 unspecified atom stereocenters. The molecular formula is C21H23ClN6O. The van der Waals surface area contributed by atoms with Crippen LogP contribution in [0.15, 0.2) is 48.7 Å². The highest BCUT2D eigenvalue weighted by Gasteiger charge is 2.26. The molecule has 0 atom stereocenters. The Labute approximate surface area is 174 Å². The molecule has 0 aliphatic carbocycles. The molecule has 1 aromatic carbocycles. The molecule has 3 aromatic rings. The zero-order valence-corrected chi connectivity index (χ0v) is 17.2. The van der Waals surface area contributed by atoms with Crippen LogP contribution in [0.5, 0.6) is 0 Å². The number of pyridine rings is 1. The molecule has 0 radical (unpaired) electrons. The van der Waals surface area contributed by atoms with Crippen molar-refractivity contribution < 1.29 is 4.79 Å². The Morgan fingerprint density at radius 1 is 1.03 bits per heavy atom. The smallest absolute Gasteiger partial charge is 0.322 e. The molecule has 3 heterocycles. The fourth-order valence-electron chi connectivity index (χ4n) is 3.68. The van der Waals surface area contributed by atoms with Crippen molar-refractivity contribution in [2.45, 2.75) is 13.8 Å². The van der Waals surface area contributed by atoms with Crippen LogP contribution in [0.4, 0.5) is 16.2 Å². The second kappa shape index (κ2) is 8.13. The minimum atomic E-state index is -0.129. The predicted molar refractivity (Wildman–Crippen MR) is 115 cm³/mol. The summed E-state index contributed by atoms with van der Waals surface area (Å²) in [4.78, 5) is 21.1. The third-order valence-corrected chi connectivity index (χ3v) is 5.45. The molecule has 1 aliphatic rings. The Morgan fingerprint density at radius 2 is 1.76 bits per heavy atom. The van der Waals surface area contributed by atoms with E-state index in [1.54, 1.807) is 18.3 Å². The number of halogens is 1. The van der Waals surface area contributed by atoms with Crippen LogP contribution in [-0.4, -0.2) is 51.9 Å². The van der Waals surface area contributed by atoms with Gasteiger partial charge in [0, 0.05) is 32.4 Å². The number of nitrogens with zero attached hydrogens (tertiary/aromatic N) is 5. The molecule has 0 spiro atoms. The fraction of sp³-hybridized carbons (Fsp3) is 0.286. The molecular weight excluding hydrogens is 388 g/mol. The van der Waals surface area contributed by atoms with E-state index in [9.17, 15) is 4.79 Å². The summed E-state index contributed by atoms with van der Waals surface area (Å²) in [5, 5.41) is 8.11. The Hall–Kier alpha value is -3.06. The molecule has 7 nitrogen and oxygen atoms in total. The maximum absolute atomic E-state index is 12.6. The monoisotopic (exact) mass is 410 g/mol. The van der Waals surface area contributed by atoms with Crippen molar-refractivity contribution in [2.75, 3.05) is 36.4 Å². The molecule has 4 rings (SSSR count). The van der Waals surface area contributed by atoms with E-state index >= 15 is 0 Å². The number of para-hydroxylation sites is 1. The maximum atomic E-state index is 12.6. The fourth-order valence-corrected chi connectivity index (χ4v) is 3.87. The summed E-state index contributed by atoms with van der Waals surface area (Å²) in [5.74, 6) is 0.803. The number of carbonyl (C=O) groups excluding carboxylic acids is 1. The van der Waals surface area contributed by atoms with Crippen LogP contribution < -0.4 is 10.2 Å². The van der Waals surface area contributed by atoms with Crippen LogP contribution in [0, 0.1) is 13.8 Å². The molecule has 1 aliphatic heterocycles. The van der Waals surface area contributed by atoms with Crippen LogP contribution in [-0.2, 0) is 0 Å². The number of aryl methyl sites for hydroxylation is 1. The van der Waals surface area contributed by atoms with Crippen LogP contribution >= 0.6 is 11.6 Å². The molecule has 29 heavy (non-hydrogen) atoms. The van der Waals surface area contributed by atoms with Crippen molar-refractivity contribution in [1.82, 2.24) is 19.7 Å². The quantitative estimate of drug-likeness (QED) is 0.711. The van der Waals surface area contributed by atoms with Crippen molar-refractivity contribution in [2.24, 2.45) is 0 Å². The van der Waals surface area contributed by atoms with Gasteiger partial charge in [0.15, 0.2) is 5.82 Å². The van der Waals surface area contributed by atoms with E-state index < -0.39 is 0 Å². The first-order valence-corrected chi connectivity index (χ1v) is 9.95. The van der Waals surface area contributed by atoms with Gasteiger partial charge in [0.05, 0.1) is 27.8 Å². The number of hydrogen-bond donors (Lipinski definition) is 1. The average molecular weight is 411 g/mol. The van der Waals surface area contributed by atoms with Crippen LogP contribution in [0.25, 0.3) is 5.82 Å². The lowest BCUT2D eigenvalue weighted by Crippen LogP contribution is -2.50. The minimum absolute atomic E-state index is 0.129. The first kappa shape index (κ1) is 19.3. The Kier molecular flexibility index (Phi) is 5.40. The Morgan fingerprint density at radius 3 is 2.45 bits per heavy atom. The number of carbonyl (C=O) groups is 1. The first-order valence-electron chi connectivity index (χ1n) is 9.57.